The Morgan fingerprint density at radius 1 is 1.19 bits per heavy atom. The van der Waals surface area contributed by atoms with E-state index in [0.29, 0.717) is 24.4 Å². The van der Waals surface area contributed by atoms with E-state index in [0.717, 1.165) is 6.42 Å². The Labute approximate surface area is 161 Å². The second kappa shape index (κ2) is 7.34. The van der Waals surface area contributed by atoms with Gasteiger partial charge in [0.1, 0.15) is 5.75 Å². The van der Waals surface area contributed by atoms with Crippen molar-refractivity contribution in [3.8, 4) is 5.75 Å². The van der Waals surface area contributed by atoms with Gasteiger partial charge in [-0.2, -0.15) is 0 Å². The van der Waals surface area contributed by atoms with Gasteiger partial charge in [0.2, 0.25) is 5.91 Å². The molecule has 0 spiro atoms. The molecule has 3 rings (SSSR count). The predicted octanol–water partition coefficient (Wildman–Crippen LogP) is 3.93. The average molecular weight is 415 g/mol. The molecule has 1 amide bonds. The molecule has 0 saturated carbocycles. The van der Waals surface area contributed by atoms with Crippen LogP contribution in [0.1, 0.15) is 12.8 Å². The van der Waals surface area contributed by atoms with Crippen LogP contribution in [0.3, 0.4) is 0 Å². The molecular formula is C17H16Cl2N2O4S. The lowest BCUT2D eigenvalue weighted by molar-refractivity contribution is -0.117. The zero-order valence-electron chi connectivity index (χ0n) is 13.8. The smallest absolute Gasteiger partial charge is 0.262 e. The highest BCUT2D eigenvalue weighted by atomic mass is 35.5. The van der Waals surface area contributed by atoms with Gasteiger partial charge in [0, 0.05) is 13.0 Å². The summed E-state index contributed by atoms with van der Waals surface area (Å²) >= 11 is 12.0. The van der Waals surface area contributed by atoms with Crippen LogP contribution in [0.4, 0.5) is 11.4 Å². The molecule has 138 valence electrons. The first-order valence-corrected chi connectivity index (χ1v) is 10.0. The molecule has 0 aromatic heterocycles. The van der Waals surface area contributed by atoms with Crippen LogP contribution in [0.25, 0.3) is 0 Å². The van der Waals surface area contributed by atoms with Gasteiger partial charge in [-0.25, -0.2) is 8.42 Å². The van der Waals surface area contributed by atoms with Gasteiger partial charge in [-0.3, -0.25) is 9.52 Å². The summed E-state index contributed by atoms with van der Waals surface area (Å²) in [5, 5.41) is 0.353. The highest BCUT2D eigenvalue weighted by molar-refractivity contribution is 7.92. The molecular weight excluding hydrogens is 399 g/mol. The van der Waals surface area contributed by atoms with Crippen molar-refractivity contribution in [1.29, 1.82) is 0 Å². The van der Waals surface area contributed by atoms with Gasteiger partial charge in [0.05, 0.1) is 33.4 Å². The molecule has 6 nitrogen and oxygen atoms in total. The van der Waals surface area contributed by atoms with Gasteiger partial charge >= 0.3 is 0 Å². The van der Waals surface area contributed by atoms with Crippen molar-refractivity contribution in [2.24, 2.45) is 0 Å². The molecule has 0 unspecified atom stereocenters. The summed E-state index contributed by atoms with van der Waals surface area (Å²) in [6.45, 7) is 0.520. The number of carbonyl (C=O) groups excluding carboxylic acids is 1. The van der Waals surface area contributed by atoms with Crippen molar-refractivity contribution >= 4 is 50.5 Å². The second-order valence-corrected chi connectivity index (χ2v) is 8.16. The Morgan fingerprint density at radius 3 is 2.62 bits per heavy atom. The monoisotopic (exact) mass is 414 g/mol. The summed E-state index contributed by atoms with van der Waals surface area (Å²) in [5.74, 6) is 0.365. The number of carbonyl (C=O) groups is 1. The summed E-state index contributed by atoms with van der Waals surface area (Å²) in [4.78, 5) is 13.6. The average Bonchev–Trinajstić information content (AvgIpc) is 3.04. The molecule has 1 heterocycles. The van der Waals surface area contributed by atoms with Gasteiger partial charge < -0.3 is 9.64 Å². The van der Waals surface area contributed by atoms with Crippen LogP contribution in [0.15, 0.2) is 41.3 Å². The molecule has 0 aliphatic carbocycles. The number of anilines is 2. The normalized spacial score (nSPS) is 14.6. The van der Waals surface area contributed by atoms with Crippen molar-refractivity contribution in [2.75, 3.05) is 23.3 Å². The number of amides is 1. The second-order valence-electron chi connectivity index (χ2n) is 5.69. The minimum Gasteiger partial charge on any atom is -0.495 e. The summed E-state index contributed by atoms with van der Waals surface area (Å²) in [5.41, 5.74) is 0.601. The fourth-order valence-electron chi connectivity index (χ4n) is 2.74. The summed E-state index contributed by atoms with van der Waals surface area (Å²) < 4.78 is 33.2. The van der Waals surface area contributed by atoms with E-state index in [9.17, 15) is 13.2 Å². The molecule has 26 heavy (non-hydrogen) atoms. The third-order valence-electron chi connectivity index (χ3n) is 4.02. The number of nitrogens with zero attached hydrogens (tertiary/aromatic N) is 1. The first-order chi connectivity index (χ1) is 12.3. The fourth-order valence-corrected chi connectivity index (χ4v) is 4.23. The Balaban J connectivity index is 2.00. The maximum absolute atomic E-state index is 12.8. The molecule has 2 aromatic carbocycles. The van der Waals surface area contributed by atoms with Gasteiger partial charge in [-0.15, -0.1) is 0 Å². The number of halogens is 2. The van der Waals surface area contributed by atoms with Crippen LogP contribution in [-0.2, 0) is 14.8 Å². The minimum absolute atomic E-state index is 0.0101. The van der Waals surface area contributed by atoms with Gasteiger partial charge in [0.25, 0.3) is 10.0 Å². The first kappa shape index (κ1) is 18.8. The van der Waals surface area contributed by atoms with Crippen molar-refractivity contribution < 1.29 is 17.9 Å². The molecule has 9 heteroatoms. The zero-order valence-corrected chi connectivity index (χ0v) is 16.2. The van der Waals surface area contributed by atoms with E-state index in [1.807, 2.05) is 0 Å². The Kier molecular flexibility index (Phi) is 5.32. The third-order valence-corrected chi connectivity index (χ3v) is 6.20. The maximum atomic E-state index is 12.8. The SMILES string of the molecule is COc1ccc(S(=O)(=O)Nc2cccc(Cl)c2Cl)cc1N1CCCC1=O. The van der Waals surface area contributed by atoms with Crippen LogP contribution in [0.2, 0.25) is 10.0 Å². The maximum Gasteiger partial charge on any atom is 0.262 e. The predicted molar refractivity (Wildman–Crippen MR) is 102 cm³/mol. The van der Waals surface area contributed by atoms with Crippen molar-refractivity contribution in [3.05, 3.63) is 46.4 Å². The van der Waals surface area contributed by atoms with E-state index in [1.54, 1.807) is 12.1 Å². The van der Waals surface area contributed by atoms with E-state index < -0.39 is 10.0 Å². The van der Waals surface area contributed by atoms with E-state index in [2.05, 4.69) is 4.72 Å². The molecule has 0 radical (unpaired) electrons. The quantitative estimate of drug-likeness (QED) is 0.803. The van der Waals surface area contributed by atoms with E-state index in [4.69, 9.17) is 27.9 Å². The lowest BCUT2D eigenvalue weighted by Gasteiger charge is -2.20. The Morgan fingerprint density at radius 2 is 1.96 bits per heavy atom. The largest absolute Gasteiger partial charge is 0.495 e. The first-order valence-electron chi connectivity index (χ1n) is 7.79. The Hall–Kier alpha value is -1.96. The number of hydrogen-bond donors (Lipinski definition) is 1. The minimum atomic E-state index is -3.93. The fraction of sp³-hybridized carbons (Fsp3) is 0.235. The highest BCUT2D eigenvalue weighted by Gasteiger charge is 2.27. The standard InChI is InChI=1S/C17H16Cl2N2O4S/c1-25-15-8-7-11(10-14(15)21-9-3-6-16(21)22)26(23,24)20-13-5-2-4-12(18)17(13)19/h2,4-5,7-8,10,20H,3,6,9H2,1H3. The molecule has 0 bridgehead atoms. The number of nitrogens with one attached hydrogen (secondary N) is 1. The molecule has 1 aliphatic rings. The van der Waals surface area contributed by atoms with Crippen molar-refractivity contribution in [1.82, 2.24) is 0 Å². The number of benzene rings is 2. The summed E-state index contributed by atoms with van der Waals surface area (Å²) in [6.07, 6.45) is 1.14. The molecule has 1 aliphatic heterocycles. The Bertz CT molecular complexity index is 963. The number of methoxy groups -OCH3 is 1. The number of hydrogen-bond acceptors (Lipinski definition) is 4. The van der Waals surface area contributed by atoms with Crippen molar-refractivity contribution in [2.45, 2.75) is 17.7 Å². The third kappa shape index (κ3) is 3.60. The number of sulfonamides is 1. The van der Waals surface area contributed by atoms with E-state index in [-0.39, 0.29) is 26.5 Å². The zero-order chi connectivity index (χ0) is 18.9. The molecule has 1 saturated heterocycles. The van der Waals surface area contributed by atoms with Crippen LogP contribution in [-0.4, -0.2) is 28.0 Å². The van der Waals surface area contributed by atoms with E-state index in [1.165, 1.54) is 36.3 Å². The summed E-state index contributed by atoms with van der Waals surface area (Å²) in [6, 6.07) is 9.02. The topological polar surface area (TPSA) is 75.7 Å². The van der Waals surface area contributed by atoms with Crippen molar-refractivity contribution in [3.63, 3.8) is 0 Å². The van der Waals surface area contributed by atoms with Crippen LogP contribution in [0.5, 0.6) is 5.75 Å². The number of rotatable bonds is 5. The van der Waals surface area contributed by atoms with Gasteiger partial charge in [-0.1, -0.05) is 29.3 Å². The van der Waals surface area contributed by atoms with E-state index >= 15 is 0 Å². The molecule has 0 atom stereocenters. The van der Waals surface area contributed by atoms with Gasteiger partial charge in [-0.05, 0) is 36.8 Å². The molecule has 1 fully saturated rings. The van der Waals surface area contributed by atoms with Crippen LogP contribution < -0.4 is 14.4 Å². The number of ether oxygens (including phenoxy) is 1. The lowest BCUT2D eigenvalue weighted by Crippen LogP contribution is -2.25. The van der Waals surface area contributed by atoms with Gasteiger partial charge in [0.15, 0.2) is 0 Å². The molecule has 2 aromatic rings. The van der Waals surface area contributed by atoms with Crippen LogP contribution >= 0.6 is 23.2 Å². The molecule has 1 N–H and O–H groups in total. The highest BCUT2D eigenvalue weighted by Crippen LogP contribution is 2.35. The lowest BCUT2D eigenvalue weighted by atomic mass is 10.2. The van der Waals surface area contributed by atoms with Crippen LogP contribution in [0, 0.1) is 0 Å². The summed E-state index contributed by atoms with van der Waals surface area (Å²) in [7, 11) is -2.46.